The molecule has 2 aromatic carbocycles. The van der Waals surface area contributed by atoms with Gasteiger partial charge >= 0.3 is 0 Å². The summed E-state index contributed by atoms with van der Waals surface area (Å²) in [5.41, 5.74) is 1.57. The van der Waals surface area contributed by atoms with E-state index in [-0.39, 0.29) is 17.8 Å². The van der Waals surface area contributed by atoms with Gasteiger partial charge in [0.15, 0.2) is 5.82 Å². The summed E-state index contributed by atoms with van der Waals surface area (Å²) in [6.45, 7) is 3.18. The van der Waals surface area contributed by atoms with Crippen LogP contribution in [0.25, 0.3) is 16.9 Å². The van der Waals surface area contributed by atoms with Crippen molar-refractivity contribution in [3.8, 4) is 11.6 Å². The molecule has 2 fully saturated rings. The number of halogens is 2. The number of fused-ring (bicyclic) bond motifs is 1. The summed E-state index contributed by atoms with van der Waals surface area (Å²) in [6.07, 6.45) is -2.79. The Morgan fingerprint density at radius 1 is 1.05 bits per heavy atom. The molecule has 0 atom stereocenters. The Labute approximate surface area is 223 Å². The zero-order valence-electron chi connectivity index (χ0n) is 21.3. The number of amides is 1. The standard InChI is InChI=1S/C27H27F2N7O3/c1-38-19-8-6-17(7-9-19)26(37)35-15-18(16-35)30-22-14-23(33-27(32-22)34-10-12-39-13-11-34)36-21-5-3-2-4-20(21)31-25(36)24(28)29/h2-9,14,18,24H,10-13,15-16H2,1H3,(H,30,32,33). The molecular formula is C27H27F2N7O3. The fourth-order valence-electron chi connectivity index (χ4n) is 4.81. The molecule has 12 heteroatoms. The molecule has 2 aliphatic heterocycles. The summed E-state index contributed by atoms with van der Waals surface area (Å²) >= 11 is 0. The lowest BCUT2D eigenvalue weighted by atomic mass is 10.1. The van der Waals surface area contributed by atoms with Gasteiger partial charge in [0.2, 0.25) is 5.95 Å². The van der Waals surface area contributed by atoms with E-state index in [1.165, 1.54) is 4.57 Å². The number of anilines is 2. The fraction of sp³-hybridized carbons (Fsp3) is 0.333. The number of alkyl halides is 2. The van der Waals surface area contributed by atoms with E-state index in [1.807, 2.05) is 4.90 Å². The van der Waals surface area contributed by atoms with Gasteiger partial charge in [-0.1, -0.05) is 12.1 Å². The smallest absolute Gasteiger partial charge is 0.296 e. The average molecular weight is 536 g/mol. The van der Waals surface area contributed by atoms with Crippen LogP contribution in [0.15, 0.2) is 54.6 Å². The first-order chi connectivity index (χ1) is 19.0. The van der Waals surface area contributed by atoms with Crippen LogP contribution in [0.2, 0.25) is 0 Å². The summed E-state index contributed by atoms with van der Waals surface area (Å²) in [6, 6.07) is 15.6. The molecule has 39 heavy (non-hydrogen) atoms. The molecule has 2 saturated heterocycles. The number of para-hydroxylation sites is 2. The van der Waals surface area contributed by atoms with Crippen molar-refractivity contribution in [2.24, 2.45) is 0 Å². The molecule has 1 N–H and O–H groups in total. The number of ether oxygens (including phenoxy) is 2. The van der Waals surface area contributed by atoms with Gasteiger partial charge in [-0.2, -0.15) is 9.97 Å². The molecule has 4 heterocycles. The third-order valence-electron chi connectivity index (χ3n) is 6.86. The minimum Gasteiger partial charge on any atom is -0.497 e. The summed E-state index contributed by atoms with van der Waals surface area (Å²) in [5, 5.41) is 3.37. The van der Waals surface area contributed by atoms with Crippen LogP contribution in [0.4, 0.5) is 20.5 Å². The van der Waals surface area contributed by atoms with Gasteiger partial charge in [-0.25, -0.2) is 13.8 Å². The fourth-order valence-corrected chi connectivity index (χ4v) is 4.81. The number of rotatable bonds is 7. The molecular weight excluding hydrogens is 508 g/mol. The zero-order valence-corrected chi connectivity index (χ0v) is 21.3. The topological polar surface area (TPSA) is 97.6 Å². The summed E-state index contributed by atoms with van der Waals surface area (Å²) in [7, 11) is 1.58. The van der Waals surface area contributed by atoms with Crippen molar-refractivity contribution in [2.45, 2.75) is 12.5 Å². The predicted octanol–water partition coefficient (Wildman–Crippen LogP) is 3.53. The lowest BCUT2D eigenvalue weighted by Gasteiger charge is -2.40. The van der Waals surface area contributed by atoms with Crippen molar-refractivity contribution >= 4 is 28.7 Å². The predicted molar refractivity (Wildman–Crippen MR) is 141 cm³/mol. The minimum atomic E-state index is -2.79. The highest BCUT2D eigenvalue weighted by atomic mass is 19.3. The van der Waals surface area contributed by atoms with Gasteiger partial charge in [-0.15, -0.1) is 0 Å². The number of nitrogens with zero attached hydrogens (tertiary/aromatic N) is 6. The lowest BCUT2D eigenvalue weighted by molar-refractivity contribution is 0.0625. The second-order valence-corrected chi connectivity index (χ2v) is 9.39. The average Bonchev–Trinajstić information content (AvgIpc) is 3.35. The number of carbonyl (C=O) groups is 1. The van der Waals surface area contributed by atoms with Gasteiger partial charge in [0, 0.05) is 37.8 Å². The van der Waals surface area contributed by atoms with E-state index >= 15 is 0 Å². The van der Waals surface area contributed by atoms with Crippen LogP contribution >= 0.6 is 0 Å². The monoisotopic (exact) mass is 535 g/mol. The van der Waals surface area contributed by atoms with Crippen LogP contribution in [-0.2, 0) is 4.74 Å². The lowest BCUT2D eigenvalue weighted by Crippen LogP contribution is -2.57. The number of aromatic nitrogens is 4. The van der Waals surface area contributed by atoms with Crippen LogP contribution in [0, 0.1) is 0 Å². The molecule has 0 bridgehead atoms. The van der Waals surface area contributed by atoms with E-state index in [1.54, 1.807) is 66.6 Å². The van der Waals surface area contributed by atoms with Gasteiger partial charge in [0.05, 0.1) is 37.4 Å². The van der Waals surface area contributed by atoms with Crippen molar-refractivity contribution in [3.05, 3.63) is 66.0 Å². The van der Waals surface area contributed by atoms with E-state index in [2.05, 4.69) is 15.3 Å². The van der Waals surface area contributed by atoms with Crippen LogP contribution < -0.4 is 15.0 Å². The molecule has 0 unspecified atom stereocenters. The normalized spacial score (nSPS) is 16.0. The number of benzene rings is 2. The molecule has 4 aromatic rings. The number of hydrogen-bond donors (Lipinski definition) is 1. The largest absolute Gasteiger partial charge is 0.497 e. The summed E-state index contributed by atoms with van der Waals surface area (Å²) in [4.78, 5) is 30.1. The third-order valence-corrected chi connectivity index (χ3v) is 6.86. The highest BCUT2D eigenvalue weighted by Crippen LogP contribution is 2.29. The number of nitrogens with one attached hydrogen (secondary N) is 1. The molecule has 1 amide bonds. The molecule has 202 valence electrons. The third kappa shape index (κ3) is 4.94. The number of likely N-dealkylation sites (tertiary alicyclic amines) is 1. The molecule has 10 nitrogen and oxygen atoms in total. The molecule has 0 saturated carbocycles. The number of imidazole rings is 1. The Morgan fingerprint density at radius 2 is 1.79 bits per heavy atom. The van der Waals surface area contributed by atoms with Crippen LogP contribution in [0.1, 0.15) is 22.6 Å². The number of hydrogen-bond acceptors (Lipinski definition) is 8. The number of carbonyl (C=O) groups excluding carboxylic acids is 1. The van der Waals surface area contributed by atoms with Crippen LogP contribution in [-0.4, -0.2) is 82.9 Å². The molecule has 0 aliphatic carbocycles. The van der Waals surface area contributed by atoms with Gasteiger partial charge in [0.25, 0.3) is 12.3 Å². The van der Waals surface area contributed by atoms with E-state index < -0.39 is 6.43 Å². The van der Waals surface area contributed by atoms with Crippen LogP contribution in [0.3, 0.4) is 0 Å². The SMILES string of the molecule is COc1ccc(C(=O)N2CC(Nc3cc(-n4c(C(F)F)nc5ccccc54)nc(N4CCOCC4)n3)C2)cc1. The second-order valence-electron chi connectivity index (χ2n) is 9.39. The van der Waals surface area contributed by atoms with Gasteiger partial charge in [-0.05, 0) is 36.4 Å². The van der Waals surface area contributed by atoms with Crippen molar-refractivity contribution in [1.29, 1.82) is 0 Å². The molecule has 2 aliphatic rings. The van der Waals surface area contributed by atoms with E-state index in [9.17, 15) is 13.6 Å². The van der Waals surface area contributed by atoms with Crippen molar-refractivity contribution < 1.29 is 23.0 Å². The maximum atomic E-state index is 14.1. The van der Waals surface area contributed by atoms with Gasteiger partial charge < -0.3 is 24.6 Å². The number of morpholine rings is 1. The van der Waals surface area contributed by atoms with Crippen molar-refractivity contribution in [1.82, 2.24) is 24.4 Å². The Kier molecular flexibility index (Phi) is 6.69. The molecule has 2 aromatic heterocycles. The first-order valence-electron chi connectivity index (χ1n) is 12.7. The molecule has 0 radical (unpaired) electrons. The van der Waals surface area contributed by atoms with E-state index in [0.717, 1.165) is 0 Å². The van der Waals surface area contributed by atoms with E-state index in [4.69, 9.17) is 14.5 Å². The zero-order chi connectivity index (χ0) is 26.9. The van der Waals surface area contributed by atoms with Gasteiger partial charge in [-0.3, -0.25) is 9.36 Å². The highest BCUT2D eigenvalue weighted by Gasteiger charge is 2.32. The van der Waals surface area contributed by atoms with Crippen molar-refractivity contribution in [3.63, 3.8) is 0 Å². The van der Waals surface area contributed by atoms with E-state index in [0.29, 0.717) is 79.3 Å². The molecule has 6 rings (SSSR count). The molecule has 0 spiro atoms. The number of methoxy groups -OCH3 is 1. The summed E-state index contributed by atoms with van der Waals surface area (Å²) < 4.78 is 40.2. The first kappa shape index (κ1) is 25.0. The maximum Gasteiger partial charge on any atom is 0.296 e. The van der Waals surface area contributed by atoms with Crippen molar-refractivity contribution in [2.75, 3.05) is 56.7 Å². The maximum absolute atomic E-state index is 14.1. The van der Waals surface area contributed by atoms with Gasteiger partial charge in [0.1, 0.15) is 17.4 Å². The second kappa shape index (κ2) is 10.4. The highest BCUT2D eigenvalue weighted by molar-refractivity contribution is 5.95. The Balaban J connectivity index is 1.28. The Bertz CT molecular complexity index is 1480. The Hall–Kier alpha value is -4.32. The van der Waals surface area contributed by atoms with Crippen LogP contribution in [0.5, 0.6) is 5.75 Å². The summed E-state index contributed by atoms with van der Waals surface area (Å²) in [5.74, 6) is 1.44. The quantitative estimate of drug-likeness (QED) is 0.384. The first-order valence-corrected chi connectivity index (χ1v) is 12.7. The Morgan fingerprint density at radius 3 is 2.51 bits per heavy atom. The minimum absolute atomic E-state index is 0.0541.